The zero-order chi connectivity index (χ0) is 14.3. The van der Waals surface area contributed by atoms with Gasteiger partial charge in [0.15, 0.2) is 5.17 Å². The summed E-state index contributed by atoms with van der Waals surface area (Å²) in [6.45, 7) is 5.50. The highest BCUT2D eigenvalue weighted by atomic mass is 32.2. The molecule has 1 aliphatic heterocycles. The quantitative estimate of drug-likeness (QED) is 0.695. The molecule has 19 heavy (non-hydrogen) atoms. The maximum absolute atomic E-state index is 12.2. The van der Waals surface area contributed by atoms with Crippen molar-refractivity contribution in [2.24, 2.45) is 4.99 Å². The summed E-state index contributed by atoms with van der Waals surface area (Å²) in [5.41, 5.74) is 0. The molecule has 108 valence electrons. The Morgan fingerprint density at radius 1 is 1.37 bits per heavy atom. The molecule has 0 aromatic carbocycles. The topological polar surface area (TPSA) is 70.0 Å². The third-order valence-electron chi connectivity index (χ3n) is 2.87. The minimum absolute atomic E-state index is 0.101. The van der Waals surface area contributed by atoms with Crippen molar-refractivity contribution in [1.82, 2.24) is 4.90 Å². The summed E-state index contributed by atoms with van der Waals surface area (Å²) in [6, 6.07) is 0. The Morgan fingerprint density at radius 2 is 2.05 bits per heavy atom. The summed E-state index contributed by atoms with van der Waals surface area (Å²) in [5, 5.41) is 9.03. The van der Waals surface area contributed by atoms with Gasteiger partial charge < -0.3 is 5.11 Å². The number of carbonyl (C=O) groups excluding carboxylic acids is 1. The summed E-state index contributed by atoms with van der Waals surface area (Å²) >= 11 is 1.30. The number of amides is 1. The number of thioether (sulfide) groups is 1. The highest BCUT2D eigenvalue weighted by molar-refractivity contribution is 8.15. The number of hydrogen-bond donors (Lipinski definition) is 1. The van der Waals surface area contributed by atoms with Crippen LogP contribution in [0.3, 0.4) is 0 Å². The van der Waals surface area contributed by atoms with Crippen molar-refractivity contribution in [3.05, 3.63) is 0 Å². The van der Waals surface area contributed by atoms with Crippen LogP contribution in [-0.4, -0.2) is 45.4 Å². The second kappa shape index (κ2) is 8.19. The molecule has 0 saturated carbocycles. The molecule has 0 spiro atoms. The fraction of sp³-hybridized carbons (Fsp3) is 0.769. The van der Waals surface area contributed by atoms with Crippen LogP contribution in [0.5, 0.6) is 0 Å². The van der Waals surface area contributed by atoms with Gasteiger partial charge >= 0.3 is 5.97 Å². The van der Waals surface area contributed by atoms with E-state index in [2.05, 4.69) is 18.8 Å². The second-order valence-electron chi connectivity index (χ2n) is 4.57. The predicted molar refractivity (Wildman–Crippen MR) is 77.5 cm³/mol. The average molecular weight is 286 g/mol. The van der Waals surface area contributed by atoms with Crippen LogP contribution in [0, 0.1) is 0 Å². The fourth-order valence-electron chi connectivity index (χ4n) is 1.77. The number of carboxylic acids is 1. The summed E-state index contributed by atoms with van der Waals surface area (Å²) in [5.74, 6) is -1.04. The highest BCUT2D eigenvalue weighted by Gasteiger charge is 2.38. The number of amidine groups is 1. The molecule has 1 N–H and O–H groups in total. The fourth-order valence-corrected chi connectivity index (χ4v) is 2.96. The Balaban J connectivity index is 2.72. The van der Waals surface area contributed by atoms with Gasteiger partial charge in [-0.2, -0.15) is 0 Å². The molecule has 5 nitrogen and oxygen atoms in total. The van der Waals surface area contributed by atoms with Gasteiger partial charge in [-0.1, -0.05) is 38.5 Å². The van der Waals surface area contributed by atoms with Crippen LogP contribution in [0.25, 0.3) is 0 Å². The first-order valence-electron chi connectivity index (χ1n) is 6.84. The lowest BCUT2D eigenvalue weighted by Gasteiger charge is -2.15. The molecular formula is C13H22N2O3S. The molecular weight excluding hydrogens is 264 g/mol. The largest absolute Gasteiger partial charge is 0.481 e. The Morgan fingerprint density at radius 3 is 2.63 bits per heavy atom. The van der Waals surface area contributed by atoms with E-state index in [9.17, 15) is 9.59 Å². The third kappa shape index (κ3) is 4.86. The van der Waals surface area contributed by atoms with E-state index in [4.69, 9.17) is 5.11 Å². The summed E-state index contributed by atoms with van der Waals surface area (Å²) < 4.78 is 0. The smallest absolute Gasteiger partial charge is 0.305 e. The molecule has 1 saturated heterocycles. The van der Waals surface area contributed by atoms with Crippen molar-refractivity contribution in [3.63, 3.8) is 0 Å². The van der Waals surface area contributed by atoms with Gasteiger partial charge in [0.25, 0.3) is 0 Å². The molecule has 1 atom stereocenters. The van der Waals surface area contributed by atoms with Gasteiger partial charge in [-0.3, -0.25) is 19.5 Å². The summed E-state index contributed by atoms with van der Waals surface area (Å²) in [6.07, 6.45) is 3.84. The lowest BCUT2D eigenvalue weighted by molar-refractivity contribution is -0.139. The van der Waals surface area contributed by atoms with Crippen LogP contribution in [-0.2, 0) is 9.59 Å². The van der Waals surface area contributed by atoms with E-state index in [-0.39, 0.29) is 12.3 Å². The summed E-state index contributed by atoms with van der Waals surface area (Å²) in [4.78, 5) is 29.0. The van der Waals surface area contributed by atoms with E-state index in [1.165, 1.54) is 11.8 Å². The van der Waals surface area contributed by atoms with Gasteiger partial charge in [-0.25, -0.2) is 0 Å². The molecule has 1 amide bonds. The van der Waals surface area contributed by atoms with Gasteiger partial charge in [0, 0.05) is 13.1 Å². The van der Waals surface area contributed by atoms with Crippen LogP contribution in [0.15, 0.2) is 4.99 Å². The maximum atomic E-state index is 12.2. The van der Waals surface area contributed by atoms with E-state index in [1.54, 1.807) is 4.90 Å². The third-order valence-corrected chi connectivity index (χ3v) is 4.09. The maximum Gasteiger partial charge on any atom is 0.305 e. The second-order valence-corrected chi connectivity index (χ2v) is 5.74. The minimum atomic E-state index is -0.934. The van der Waals surface area contributed by atoms with Crippen molar-refractivity contribution < 1.29 is 14.7 Å². The lowest BCUT2D eigenvalue weighted by Crippen LogP contribution is -2.33. The molecule has 0 aliphatic carbocycles. The standard InChI is InChI=1S/C13H22N2O3S/c1-3-5-7-14-13-15(8-6-4-2)12(18)10(19-13)9-11(16)17/h10H,3-9H2,1-2H3,(H,16,17)/t10-/m0/s1. The Kier molecular flexibility index (Phi) is 6.91. The first-order valence-corrected chi connectivity index (χ1v) is 7.72. The molecule has 1 heterocycles. The number of hydrogen-bond acceptors (Lipinski definition) is 4. The minimum Gasteiger partial charge on any atom is -0.481 e. The number of carbonyl (C=O) groups is 2. The number of rotatable bonds is 8. The first-order chi connectivity index (χ1) is 9.10. The molecule has 0 unspecified atom stereocenters. The zero-order valence-electron chi connectivity index (χ0n) is 11.6. The number of aliphatic imine (C=N–C) groups is 1. The van der Waals surface area contributed by atoms with Crippen molar-refractivity contribution in [2.45, 2.75) is 51.2 Å². The Bertz CT molecular complexity index is 358. The number of aliphatic carboxylic acids is 1. The Labute approximate surface area is 118 Å². The van der Waals surface area contributed by atoms with Crippen molar-refractivity contribution in [3.8, 4) is 0 Å². The average Bonchev–Trinajstić information content (AvgIpc) is 2.64. The lowest BCUT2D eigenvalue weighted by atomic mass is 10.2. The number of carboxylic acid groups (broad SMARTS) is 1. The molecule has 1 rings (SSSR count). The molecule has 0 radical (unpaired) electrons. The van der Waals surface area contributed by atoms with Crippen LogP contribution < -0.4 is 0 Å². The monoisotopic (exact) mass is 286 g/mol. The molecule has 0 bridgehead atoms. The number of unbranched alkanes of at least 4 members (excludes halogenated alkanes) is 2. The van der Waals surface area contributed by atoms with E-state index in [0.717, 1.165) is 25.7 Å². The van der Waals surface area contributed by atoms with Gasteiger partial charge in [-0.15, -0.1) is 0 Å². The van der Waals surface area contributed by atoms with E-state index >= 15 is 0 Å². The molecule has 1 aliphatic rings. The predicted octanol–water partition coefficient (Wildman–Crippen LogP) is 2.36. The van der Waals surface area contributed by atoms with Crippen molar-refractivity contribution >= 4 is 28.8 Å². The van der Waals surface area contributed by atoms with E-state index in [1.807, 2.05) is 0 Å². The van der Waals surface area contributed by atoms with Crippen molar-refractivity contribution in [2.75, 3.05) is 13.1 Å². The van der Waals surface area contributed by atoms with Crippen LogP contribution in [0.2, 0.25) is 0 Å². The number of nitrogens with zero attached hydrogens (tertiary/aromatic N) is 2. The van der Waals surface area contributed by atoms with Crippen LogP contribution >= 0.6 is 11.8 Å². The molecule has 6 heteroatoms. The van der Waals surface area contributed by atoms with Gasteiger partial charge in [0.05, 0.1) is 6.42 Å². The first kappa shape index (κ1) is 16.0. The Hall–Kier alpha value is -1.04. The van der Waals surface area contributed by atoms with Crippen molar-refractivity contribution in [1.29, 1.82) is 0 Å². The van der Waals surface area contributed by atoms with Gasteiger partial charge in [0.2, 0.25) is 5.91 Å². The van der Waals surface area contributed by atoms with Gasteiger partial charge in [-0.05, 0) is 12.8 Å². The van der Waals surface area contributed by atoms with Crippen LogP contribution in [0.1, 0.15) is 46.0 Å². The zero-order valence-corrected chi connectivity index (χ0v) is 12.4. The van der Waals surface area contributed by atoms with E-state index in [0.29, 0.717) is 18.3 Å². The highest BCUT2D eigenvalue weighted by Crippen LogP contribution is 2.29. The normalized spacial score (nSPS) is 21.4. The molecule has 0 aromatic rings. The van der Waals surface area contributed by atoms with Gasteiger partial charge in [0.1, 0.15) is 5.25 Å². The molecule has 1 fully saturated rings. The SMILES string of the molecule is CCCCN=C1S[C@@H](CC(=O)O)C(=O)N1CCCC. The van der Waals surface area contributed by atoms with E-state index < -0.39 is 11.2 Å². The molecule has 0 aromatic heterocycles. The van der Waals surface area contributed by atoms with Crippen LogP contribution in [0.4, 0.5) is 0 Å². The summed E-state index contributed by atoms with van der Waals surface area (Å²) in [7, 11) is 0.